The minimum Gasteiger partial charge on any atom is -0.332 e. The second kappa shape index (κ2) is 8.23. The van der Waals surface area contributed by atoms with Gasteiger partial charge in [0.2, 0.25) is 3.79 Å². The molecule has 9 heteroatoms. The van der Waals surface area contributed by atoms with Crippen molar-refractivity contribution in [3.05, 3.63) is 68.5 Å². The molecule has 2 aliphatic heterocycles. The molecule has 0 spiro atoms. The van der Waals surface area contributed by atoms with E-state index < -0.39 is 9.96 Å². The molecule has 29 heavy (non-hydrogen) atoms. The van der Waals surface area contributed by atoms with Gasteiger partial charge in [-0.25, -0.2) is 0 Å². The maximum absolute atomic E-state index is 12.9. The van der Waals surface area contributed by atoms with Crippen LogP contribution in [0.5, 0.6) is 0 Å². The first kappa shape index (κ1) is 21.2. The van der Waals surface area contributed by atoms with Gasteiger partial charge in [0.25, 0.3) is 11.5 Å². The number of amides is 1. The highest BCUT2D eigenvalue weighted by molar-refractivity contribution is 9.10. The molecule has 5 nitrogen and oxygen atoms in total. The number of aromatic nitrogens is 1. The summed E-state index contributed by atoms with van der Waals surface area (Å²) in [6.07, 6.45) is 0.185. The molecule has 3 atom stereocenters. The van der Waals surface area contributed by atoms with Crippen molar-refractivity contribution in [3.63, 3.8) is 0 Å². The number of fused-ring (bicyclic) bond motifs is 4. The Hall–Kier alpha value is -1.05. The van der Waals surface area contributed by atoms with E-state index in [0.29, 0.717) is 29.7 Å². The summed E-state index contributed by atoms with van der Waals surface area (Å²) in [5.74, 6) is 0.0735. The largest absolute Gasteiger partial charge is 0.332 e. The fourth-order valence-corrected chi connectivity index (χ4v) is 5.41. The standard InChI is InChI=1S/C20H19BrCl3N3O2/c21-15-5-2-1-4-14(15)18(29)25-19(20(22,23)24)26-9-12-8-13(11-26)16-6-3-7-17(28)27(16)10-12/h1-7,12-13,19H,8-11H2,(H,25,29)/t12-,13+,19?/m0/s1. The lowest BCUT2D eigenvalue weighted by atomic mass is 9.83. The van der Waals surface area contributed by atoms with Crippen LogP contribution in [0.25, 0.3) is 0 Å². The van der Waals surface area contributed by atoms with Gasteiger partial charge in [0.15, 0.2) is 0 Å². The molecule has 1 unspecified atom stereocenters. The maximum atomic E-state index is 12.9. The van der Waals surface area contributed by atoms with Crippen LogP contribution < -0.4 is 10.9 Å². The van der Waals surface area contributed by atoms with Gasteiger partial charge in [-0.05, 0) is 46.5 Å². The van der Waals surface area contributed by atoms with Gasteiger partial charge in [-0.2, -0.15) is 0 Å². The predicted octanol–water partition coefficient (Wildman–Crippen LogP) is 4.16. The van der Waals surface area contributed by atoms with Gasteiger partial charge in [0.1, 0.15) is 6.17 Å². The van der Waals surface area contributed by atoms with Crippen LogP contribution in [0.4, 0.5) is 0 Å². The maximum Gasteiger partial charge on any atom is 0.253 e. The summed E-state index contributed by atoms with van der Waals surface area (Å²) >= 11 is 22.3. The molecule has 3 heterocycles. The molecule has 4 rings (SSSR count). The number of piperidine rings is 1. The van der Waals surface area contributed by atoms with Crippen molar-refractivity contribution in [1.29, 1.82) is 0 Å². The Morgan fingerprint density at radius 3 is 2.59 bits per heavy atom. The Kier molecular flexibility index (Phi) is 6.02. The zero-order chi connectivity index (χ0) is 20.8. The van der Waals surface area contributed by atoms with Crippen molar-refractivity contribution >= 4 is 56.6 Å². The number of hydrogen-bond donors (Lipinski definition) is 1. The molecule has 0 radical (unpaired) electrons. The third kappa shape index (κ3) is 4.37. The van der Waals surface area contributed by atoms with Crippen LogP contribution in [-0.4, -0.2) is 38.4 Å². The number of alkyl halides is 3. The Morgan fingerprint density at radius 2 is 1.86 bits per heavy atom. The highest BCUT2D eigenvalue weighted by atomic mass is 79.9. The van der Waals surface area contributed by atoms with Gasteiger partial charge in [0, 0.05) is 41.8 Å². The summed E-state index contributed by atoms with van der Waals surface area (Å²) < 4.78 is 0.809. The number of halogens is 4. The quantitative estimate of drug-likeness (QED) is 0.620. The first-order valence-corrected chi connectivity index (χ1v) is 11.2. The molecule has 1 amide bonds. The summed E-state index contributed by atoms with van der Waals surface area (Å²) in [6.45, 7) is 1.85. The molecule has 0 saturated carbocycles. The second-order valence-electron chi connectivity index (χ2n) is 7.55. The Bertz CT molecular complexity index is 991. The highest BCUT2D eigenvalue weighted by Gasteiger charge is 2.44. The van der Waals surface area contributed by atoms with Crippen LogP contribution in [0.15, 0.2) is 51.7 Å². The molecule has 2 bridgehead atoms. The summed E-state index contributed by atoms with van der Waals surface area (Å²) in [4.78, 5) is 27.1. The average Bonchev–Trinajstić information content (AvgIpc) is 2.66. The van der Waals surface area contributed by atoms with Crippen LogP contribution in [-0.2, 0) is 6.54 Å². The second-order valence-corrected chi connectivity index (χ2v) is 10.8. The molecule has 154 valence electrons. The number of pyridine rings is 1. The van der Waals surface area contributed by atoms with E-state index in [-0.39, 0.29) is 23.3 Å². The van der Waals surface area contributed by atoms with Crippen LogP contribution in [0.3, 0.4) is 0 Å². The lowest BCUT2D eigenvalue weighted by Crippen LogP contribution is -2.60. The van der Waals surface area contributed by atoms with E-state index in [4.69, 9.17) is 34.8 Å². The molecule has 1 aromatic carbocycles. The minimum absolute atomic E-state index is 0.0193. The van der Waals surface area contributed by atoms with E-state index in [9.17, 15) is 9.59 Å². The van der Waals surface area contributed by atoms with Gasteiger partial charge in [-0.15, -0.1) is 0 Å². The SMILES string of the molecule is O=C(NC(N1C[C@@H]2C[C@H](C1)c1cccc(=O)n1C2)C(Cl)(Cl)Cl)c1ccccc1Br. The van der Waals surface area contributed by atoms with Crippen LogP contribution in [0, 0.1) is 5.92 Å². The van der Waals surface area contributed by atoms with Gasteiger partial charge in [-0.1, -0.05) is 53.0 Å². The molecule has 1 aromatic heterocycles. The number of hydrogen-bond acceptors (Lipinski definition) is 3. The van der Waals surface area contributed by atoms with E-state index in [2.05, 4.69) is 21.2 Å². The summed E-state index contributed by atoms with van der Waals surface area (Å²) in [7, 11) is 0. The summed E-state index contributed by atoms with van der Waals surface area (Å²) in [6, 6.07) is 12.5. The topological polar surface area (TPSA) is 54.3 Å². The zero-order valence-electron chi connectivity index (χ0n) is 15.3. The molecule has 1 fully saturated rings. The first-order chi connectivity index (χ1) is 13.7. The van der Waals surface area contributed by atoms with Crippen LogP contribution >= 0.6 is 50.7 Å². The van der Waals surface area contributed by atoms with Crippen LogP contribution in [0.1, 0.15) is 28.4 Å². The van der Waals surface area contributed by atoms with E-state index in [1.165, 1.54) is 0 Å². The van der Waals surface area contributed by atoms with Gasteiger partial charge < -0.3 is 9.88 Å². The smallest absolute Gasteiger partial charge is 0.253 e. The lowest BCUT2D eigenvalue weighted by Gasteiger charge is -2.47. The number of benzene rings is 1. The molecule has 1 N–H and O–H groups in total. The van der Waals surface area contributed by atoms with E-state index >= 15 is 0 Å². The zero-order valence-corrected chi connectivity index (χ0v) is 19.2. The van der Waals surface area contributed by atoms with Crippen LogP contribution in [0.2, 0.25) is 0 Å². The van der Waals surface area contributed by atoms with Crippen molar-refractivity contribution in [2.24, 2.45) is 5.92 Å². The number of likely N-dealkylation sites (tertiary alicyclic amines) is 1. The van der Waals surface area contributed by atoms with Gasteiger partial charge >= 0.3 is 0 Å². The number of carbonyl (C=O) groups excluding carboxylic acids is 1. The Morgan fingerprint density at radius 1 is 1.10 bits per heavy atom. The van der Waals surface area contributed by atoms with Crippen molar-refractivity contribution in [2.45, 2.75) is 28.8 Å². The van der Waals surface area contributed by atoms with Gasteiger partial charge in [0.05, 0.1) is 5.56 Å². The normalized spacial score (nSPS) is 22.6. The fraction of sp³-hybridized carbons (Fsp3) is 0.400. The highest BCUT2D eigenvalue weighted by Crippen LogP contribution is 2.40. The van der Waals surface area contributed by atoms with E-state index in [0.717, 1.165) is 12.1 Å². The number of carbonyl (C=O) groups is 1. The van der Waals surface area contributed by atoms with Crippen molar-refractivity contribution < 1.29 is 4.79 Å². The molecule has 0 aliphatic carbocycles. The van der Waals surface area contributed by atoms with E-state index in [1.807, 2.05) is 21.6 Å². The third-order valence-electron chi connectivity index (χ3n) is 5.57. The summed E-state index contributed by atoms with van der Waals surface area (Å²) in [5, 5.41) is 2.90. The number of rotatable bonds is 3. The monoisotopic (exact) mass is 517 g/mol. The van der Waals surface area contributed by atoms with Crippen molar-refractivity contribution in [1.82, 2.24) is 14.8 Å². The predicted molar refractivity (Wildman–Crippen MR) is 119 cm³/mol. The van der Waals surface area contributed by atoms with Gasteiger partial charge in [-0.3, -0.25) is 14.5 Å². The average molecular weight is 520 g/mol. The lowest BCUT2D eigenvalue weighted by molar-refractivity contribution is 0.0586. The Labute approximate surface area is 192 Å². The molecular formula is C20H19BrCl3N3O2. The number of nitrogens with zero attached hydrogens (tertiary/aromatic N) is 2. The first-order valence-electron chi connectivity index (χ1n) is 9.30. The Balaban J connectivity index is 1.60. The molecular weight excluding hydrogens is 501 g/mol. The van der Waals surface area contributed by atoms with Crippen molar-refractivity contribution in [2.75, 3.05) is 13.1 Å². The van der Waals surface area contributed by atoms with Crippen molar-refractivity contribution in [3.8, 4) is 0 Å². The summed E-state index contributed by atoms with van der Waals surface area (Å²) in [5.41, 5.74) is 1.49. The minimum atomic E-state index is -1.71. The molecule has 1 saturated heterocycles. The van der Waals surface area contributed by atoms with E-state index in [1.54, 1.807) is 30.3 Å². The third-order valence-corrected chi connectivity index (χ3v) is 6.88. The fourth-order valence-electron chi connectivity index (χ4n) is 4.37. The molecule has 2 aliphatic rings. The molecule has 2 aromatic rings. The number of nitrogens with one attached hydrogen (secondary N) is 1.